The van der Waals surface area contributed by atoms with Crippen LogP contribution in [0.1, 0.15) is 32.3 Å². The Bertz CT molecular complexity index is 814. The molecule has 1 rings (SSSR count). The van der Waals surface area contributed by atoms with Crippen molar-refractivity contribution < 1.29 is 29.1 Å². The predicted molar refractivity (Wildman–Crippen MR) is 116 cm³/mol. The second-order valence-electron chi connectivity index (χ2n) is 7.83. The van der Waals surface area contributed by atoms with Crippen LogP contribution in [0.25, 0.3) is 0 Å². The first-order valence-electron chi connectivity index (χ1n) is 10.2. The summed E-state index contributed by atoms with van der Waals surface area (Å²) in [5.41, 5.74) is 11.4. The predicted octanol–water partition coefficient (Wildman–Crippen LogP) is -1.35. The van der Waals surface area contributed by atoms with Crippen LogP contribution >= 0.6 is 0 Å². The number of nitrogens with two attached hydrogens (primary N) is 2. The number of amides is 4. The van der Waals surface area contributed by atoms with Crippen molar-refractivity contribution in [3.05, 3.63) is 35.9 Å². The molecule has 0 bridgehead atoms. The summed E-state index contributed by atoms with van der Waals surface area (Å²) in [7, 11) is 0. The zero-order valence-electron chi connectivity index (χ0n) is 18.2. The van der Waals surface area contributed by atoms with Crippen LogP contribution in [0.4, 0.5) is 0 Å². The van der Waals surface area contributed by atoms with Crippen molar-refractivity contribution in [1.29, 1.82) is 0 Å². The number of nitrogens with one attached hydrogen (secondary N) is 3. The van der Waals surface area contributed by atoms with Crippen molar-refractivity contribution in [2.45, 2.75) is 51.2 Å². The molecule has 11 nitrogen and oxygen atoms in total. The van der Waals surface area contributed by atoms with Gasteiger partial charge in [0.05, 0.1) is 19.0 Å². The highest BCUT2D eigenvalue weighted by molar-refractivity contribution is 5.94. The van der Waals surface area contributed by atoms with Gasteiger partial charge in [-0.15, -0.1) is 0 Å². The Morgan fingerprint density at radius 1 is 0.969 bits per heavy atom. The number of hydrogen-bond acceptors (Lipinski definition) is 6. The fraction of sp³-hybridized carbons (Fsp3) is 0.476. The van der Waals surface area contributed by atoms with Crippen LogP contribution in [-0.2, 0) is 30.4 Å². The topological polar surface area (TPSA) is 194 Å². The molecular weight excluding hydrogens is 418 g/mol. The third kappa shape index (κ3) is 10.0. The third-order valence-electron chi connectivity index (χ3n) is 4.44. The zero-order chi connectivity index (χ0) is 24.3. The molecule has 176 valence electrons. The monoisotopic (exact) mass is 449 g/mol. The molecule has 11 heteroatoms. The summed E-state index contributed by atoms with van der Waals surface area (Å²) in [6, 6.07) is 5.44. The summed E-state index contributed by atoms with van der Waals surface area (Å²) in [6.07, 6.45) is -0.0474. The molecule has 0 aliphatic carbocycles. The van der Waals surface area contributed by atoms with E-state index in [1.807, 2.05) is 13.8 Å². The molecule has 1 aromatic rings. The summed E-state index contributed by atoms with van der Waals surface area (Å²) in [5, 5.41) is 16.4. The van der Waals surface area contributed by atoms with Crippen LogP contribution in [-0.4, -0.2) is 59.4 Å². The molecule has 0 aliphatic heterocycles. The molecule has 0 radical (unpaired) electrons. The van der Waals surface area contributed by atoms with Crippen molar-refractivity contribution in [2.24, 2.45) is 17.4 Å². The van der Waals surface area contributed by atoms with E-state index in [1.54, 1.807) is 30.3 Å². The van der Waals surface area contributed by atoms with E-state index in [1.165, 1.54) is 0 Å². The van der Waals surface area contributed by atoms with E-state index in [0.29, 0.717) is 0 Å². The van der Waals surface area contributed by atoms with Gasteiger partial charge in [0.25, 0.3) is 0 Å². The highest BCUT2D eigenvalue weighted by Gasteiger charge is 2.26. The molecule has 0 aliphatic rings. The normalized spacial score (nSPS) is 13.5. The van der Waals surface area contributed by atoms with E-state index < -0.39 is 54.3 Å². The number of carboxylic acids is 1. The van der Waals surface area contributed by atoms with Crippen LogP contribution < -0.4 is 27.4 Å². The molecule has 3 unspecified atom stereocenters. The van der Waals surface area contributed by atoms with Crippen molar-refractivity contribution in [2.75, 3.05) is 6.54 Å². The molecule has 4 amide bonds. The van der Waals surface area contributed by atoms with Crippen LogP contribution in [0.5, 0.6) is 0 Å². The molecule has 3 atom stereocenters. The average molecular weight is 450 g/mol. The van der Waals surface area contributed by atoms with E-state index in [4.69, 9.17) is 11.5 Å². The Morgan fingerprint density at radius 2 is 1.59 bits per heavy atom. The summed E-state index contributed by atoms with van der Waals surface area (Å²) < 4.78 is 0. The largest absolute Gasteiger partial charge is 0.480 e. The number of primary amides is 1. The minimum Gasteiger partial charge on any atom is -0.480 e. The number of carbonyl (C=O) groups is 5. The molecule has 32 heavy (non-hydrogen) atoms. The Morgan fingerprint density at radius 3 is 2.12 bits per heavy atom. The van der Waals surface area contributed by atoms with Gasteiger partial charge in [-0.25, -0.2) is 4.79 Å². The van der Waals surface area contributed by atoms with Gasteiger partial charge in [0.2, 0.25) is 23.6 Å². The quantitative estimate of drug-likeness (QED) is 0.214. The molecule has 0 heterocycles. The van der Waals surface area contributed by atoms with Gasteiger partial charge >= 0.3 is 5.97 Å². The van der Waals surface area contributed by atoms with Crippen molar-refractivity contribution in [3.63, 3.8) is 0 Å². The van der Waals surface area contributed by atoms with Crippen LogP contribution in [0.15, 0.2) is 30.3 Å². The van der Waals surface area contributed by atoms with Crippen molar-refractivity contribution >= 4 is 29.6 Å². The Labute approximate surface area is 186 Å². The van der Waals surface area contributed by atoms with Gasteiger partial charge in [-0.3, -0.25) is 19.2 Å². The van der Waals surface area contributed by atoms with Gasteiger partial charge in [0.1, 0.15) is 12.1 Å². The molecule has 0 spiro atoms. The number of carbonyl (C=O) groups excluding carboxylic acids is 4. The minimum atomic E-state index is -1.23. The van der Waals surface area contributed by atoms with Gasteiger partial charge in [-0.2, -0.15) is 0 Å². The van der Waals surface area contributed by atoms with Gasteiger partial charge in [0, 0.05) is 6.42 Å². The van der Waals surface area contributed by atoms with E-state index in [2.05, 4.69) is 16.0 Å². The zero-order valence-corrected chi connectivity index (χ0v) is 18.2. The van der Waals surface area contributed by atoms with E-state index in [0.717, 1.165) is 5.56 Å². The smallest absolute Gasteiger partial charge is 0.326 e. The van der Waals surface area contributed by atoms with Crippen molar-refractivity contribution in [3.8, 4) is 0 Å². The second kappa shape index (κ2) is 13.1. The highest BCUT2D eigenvalue weighted by atomic mass is 16.4. The molecular formula is C21H31N5O6. The summed E-state index contributed by atoms with van der Waals surface area (Å²) in [4.78, 5) is 59.4. The lowest BCUT2D eigenvalue weighted by atomic mass is 10.0. The fourth-order valence-corrected chi connectivity index (χ4v) is 2.88. The van der Waals surface area contributed by atoms with Crippen LogP contribution in [0.3, 0.4) is 0 Å². The second-order valence-corrected chi connectivity index (χ2v) is 7.83. The van der Waals surface area contributed by atoms with E-state index >= 15 is 0 Å². The number of carboxylic acid groups (broad SMARTS) is 1. The molecule has 0 saturated heterocycles. The molecule has 8 N–H and O–H groups in total. The number of aliphatic carboxylic acids is 1. The minimum absolute atomic E-state index is 0.0427. The maximum absolute atomic E-state index is 12.7. The maximum atomic E-state index is 12.7. The molecule has 0 fully saturated rings. The van der Waals surface area contributed by atoms with Crippen LogP contribution in [0.2, 0.25) is 0 Å². The number of benzene rings is 1. The van der Waals surface area contributed by atoms with E-state index in [-0.39, 0.29) is 25.2 Å². The SMILES string of the molecule is CC(C)CC(NC(=O)CNC(=O)C(Cc1ccccc1)NC(=O)C(N)CC(N)=O)C(=O)O. The van der Waals surface area contributed by atoms with Gasteiger partial charge < -0.3 is 32.5 Å². The Hall–Kier alpha value is -3.47. The van der Waals surface area contributed by atoms with Gasteiger partial charge in [-0.05, 0) is 17.9 Å². The lowest BCUT2D eigenvalue weighted by Gasteiger charge is -2.21. The first kappa shape index (κ1) is 26.6. The average Bonchev–Trinajstić information content (AvgIpc) is 2.70. The standard InChI is InChI=1S/C21H31N5O6/c1-12(2)8-16(21(31)32)25-18(28)11-24-20(30)15(9-13-6-4-3-5-7-13)26-19(29)14(22)10-17(23)27/h3-7,12,14-16H,8-11,22H2,1-2H3,(H2,23,27)(H,24,30)(H,25,28)(H,26,29)(H,31,32). The summed E-state index contributed by atoms with van der Waals surface area (Å²) in [6.45, 7) is 3.17. The Kier molecular flexibility index (Phi) is 10.8. The lowest BCUT2D eigenvalue weighted by molar-refractivity contribution is -0.142. The first-order valence-corrected chi connectivity index (χ1v) is 10.2. The number of hydrogen-bond donors (Lipinski definition) is 6. The van der Waals surface area contributed by atoms with Gasteiger partial charge in [-0.1, -0.05) is 44.2 Å². The van der Waals surface area contributed by atoms with Gasteiger partial charge in [0.15, 0.2) is 0 Å². The summed E-state index contributed by atoms with van der Waals surface area (Å²) >= 11 is 0. The summed E-state index contributed by atoms with van der Waals surface area (Å²) in [5.74, 6) is -3.98. The highest BCUT2D eigenvalue weighted by Crippen LogP contribution is 2.06. The molecule has 0 saturated carbocycles. The maximum Gasteiger partial charge on any atom is 0.326 e. The fourth-order valence-electron chi connectivity index (χ4n) is 2.88. The van der Waals surface area contributed by atoms with Crippen molar-refractivity contribution in [1.82, 2.24) is 16.0 Å². The molecule has 1 aromatic carbocycles. The molecule has 0 aromatic heterocycles. The Balaban J connectivity index is 2.79. The van der Waals surface area contributed by atoms with Crippen LogP contribution in [0, 0.1) is 5.92 Å². The third-order valence-corrected chi connectivity index (χ3v) is 4.44. The number of rotatable bonds is 13. The van der Waals surface area contributed by atoms with E-state index in [9.17, 15) is 29.1 Å². The first-order chi connectivity index (χ1) is 15.0. The lowest BCUT2D eigenvalue weighted by Crippen LogP contribution is -2.54.